The van der Waals surface area contributed by atoms with E-state index in [0.717, 1.165) is 0 Å². The summed E-state index contributed by atoms with van der Waals surface area (Å²) < 4.78 is 11.5. The molecule has 146 valence electrons. The van der Waals surface area contributed by atoms with Crippen LogP contribution in [0.25, 0.3) is 0 Å². The summed E-state index contributed by atoms with van der Waals surface area (Å²) in [5, 5.41) is 8.02. The SMILES string of the molecule is CN(CCN(C(=O)OC(C)(C)C)c1ccc(I)nn1)C(=O)OC(C)(C)C. The number of anilines is 1. The summed E-state index contributed by atoms with van der Waals surface area (Å²) in [4.78, 5) is 27.4. The predicted molar refractivity (Wildman–Crippen MR) is 107 cm³/mol. The molecule has 0 aliphatic heterocycles. The third-order valence-corrected chi connectivity index (χ3v) is 3.45. The lowest BCUT2D eigenvalue weighted by Gasteiger charge is -2.29. The molecule has 1 aromatic rings. The van der Waals surface area contributed by atoms with Crippen LogP contribution < -0.4 is 4.90 Å². The molecule has 2 amide bonds. The zero-order valence-electron chi connectivity index (χ0n) is 16.4. The average molecular weight is 478 g/mol. The normalized spacial score (nSPS) is 11.7. The van der Waals surface area contributed by atoms with Gasteiger partial charge in [-0.2, -0.15) is 0 Å². The van der Waals surface area contributed by atoms with Gasteiger partial charge in [-0.05, 0) is 76.3 Å². The molecular weight excluding hydrogens is 451 g/mol. The van der Waals surface area contributed by atoms with Gasteiger partial charge in [0.2, 0.25) is 0 Å². The van der Waals surface area contributed by atoms with Gasteiger partial charge in [0.05, 0.1) is 0 Å². The number of carbonyl (C=O) groups excluding carboxylic acids is 2. The van der Waals surface area contributed by atoms with Crippen LogP contribution in [-0.2, 0) is 9.47 Å². The fourth-order valence-electron chi connectivity index (χ4n) is 1.75. The van der Waals surface area contributed by atoms with E-state index in [2.05, 4.69) is 10.2 Å². The molecule has 0 aliphatic rings. The third kappa shape index (κ3) is 8.15. The summed E-state index contributed by atoms with van der Waals surface area (Å²) in [6.07, 6.45) is -1.01. The van der Waals surface area contributed by atoms with Gasteiger partial charge in [0.1, 0.15) is 14.9 Å². The highest BCUT2D eigenvalue weighted by Gasteiger charge is 2.26. The second-order valence-electron chi connectivity index (χ2n) is 7.75. The van der Waals surface area contributed by atoms with Crippen LogP contribution in [0.1, 0.15) is 41.5 Å². The Labute approximate surface area is 168 Å². The number of likely N-dealkylation sites (N-methyl/N-ethyl adjacent to an activating group) is 1. The Balaban J connectivity index is 2.87. The van der Waals surface area contributed by atoms with Crippen LogP contribution >= 0.6 is 22.6 Å². The number of carbonyl (C=O) groups is 2. The molecule has 0 spiro atoms. The fraction of sp³-hybridized carbons (Fsp3) is 0.647. The highest BCUT2D eigenvalue weighted by molar-refractivity contribution is 14.1. The van der Waals surface area contributed by atoms with Gasteiger partial charge in [-0.3, -0.25) is 4.90 Å². The molecule has 0 radical (unpaired) electrons. The summed E-state index contributed by atoms with van der Waals surface area (Å²) in [7, 11) is 1.61. The van der Waals surface area contributed by atoms with Crippen molar-refractivity contribution in [3.63, 3.8) is 0 Å². The van der Waals surface area contributed by atoms with E-state index in [1.54, 1.807) is 60.7 Å². The Kier molecular flexibility index (Phi) is 7.60. The molecule has 0 N–H and O–H groups in total. The van der Waals surface area contributed by atoms with Gasteiger partial charge >= 0.3 is 12.2 Å². The minimum Gasteiger partial charge on any atom is -0.444 e. The standard InChI is InChI=1S/C17H27IN4O4/c1-16(2,3)25-14(23)21(7)10-11-22(15(24)26-17(4,5)6)13-9-8-12(18)19-20-13/h8-9H,10-11H2,1-7H3. The van der Waals surface area contributed by atoms with Crippen LogP contribution in [0.4, 0.5) is 15.4 Å². The summed E-state index contributed by atoms with van der Waals surface area (Å²) in [6.45, 7) is 11.2. The smallest absolute Gasteiger partial charge is 0.416 e. The number of nitrogens with zero attached hydrogens (tertiary/aromatic N) is 4. The van der Waals surface area contributed by atoms with Gasteiger partial charge in [0, 0.05) is 20.1 Å². The van der Waals surface area contributed by atoms with Crippen LogP contribution in [0.2, 0.25) is 0 Å². The monoisotopic (exact) mass is 478 g/mol. The molecule has 0 aliphatic carbocycles. The Hall–Kier alpha value is -1.65. The lowest BCUT2D eigenvalue weighted by atomic mass is 10.2. The quantitative estimate of drug-likeness (QED) is 0.614. The van der Waals surface area contributed by atoms with Gasteiger partial charge < -0.3 is 14.4 Å². The minimum absolute atomic E-state index is 0.194. The molecule has 1 aromatic heterocycles. The van der Waals surface area contributed by atoms with Gasteiger partial charge in [-0.1, -0.05) is 0 Å². The van der Waals surface area contributed by atoms with Crippen LogP contribution in [0, 0.1) is 3.70 Å². The third-order valence-electron chi connectivity index (χ3n) is 2.87. The van der Waals surface area contributed by atoms with Crippen LogP contribution in [0.3, 0.4) is 0 Å². The molecule has 8 nitrogen and oxygen atoms in total. The Morgan fingerprint density at radius 3 is 1.96 bits per heavy atom. The molecule has 1 heterocycles. The number of hydrogen-bond acceptors (Lipinski definition) is 6. The Morgan fingerprint density at radius 2 is 1.50 bits per heavy atom. The molecule has 0 saturated carbocycles. The molecular formula is C17H27IN4O4. The van der Waals surface area contributed by atoms with E-state index in [0.29, 0.717) is 9.52 Å². The molecule has 0 bridgehead atoms. The van der Waals surface area contributed by atoms with E-state index >= 15 is 0 Å². The van der Waals surface area contributed by atoms with Crippen molar-refractivity contribution in [2.75, 3.05) is 25.0 Å². The number of aromatic nitrogens is 2. The molecule has 0 atom stereocenters. The van der Waals surface area contributed by atoms with E-state index in [9.17, 15) is 9.59 Å². The molecule has 0 aromatic carbocycles. The Bertz CT molecular complexity index is 623. The average Bonchev–Trinajstić information content (AvgIpc) is 2.45. The summed E-state index contributed by atoms with van der Waals surface area (Å²) in [5.74, 6) is 0.359. The lowest BCUT2D eigenvalue weighted by Crippen LogP contribution is -2.43. The highest BCUT2D eigenvalue weighted by Crippen LogP contribution is 2.16. The first-order valence-electron chi connectivity index (χ1n) is 8.22. The van der Waals surface area contributed by atoms with Gasteiger partial charge in [-0.15, -0.1) is 10.2 Å². The van der Waals surface area contributed by atoms with E-state index < -0.39 is 23.4 Å². The number of amides is 2. The maximum Gasteiger partial charge on any atom is 0.416 e. The van der Waals surface area contributed by atoms with E-state index in [-0.39, 0.29) is 13.1 Å². The maximum absolute atomic E-state index is 12.6. The molecule has 9 heteroatoms. The van der Waals surface area contributed by atoms with Crippen molar-refractivity contribution in [2.45, 2.75) is 52.7 Å². The van der Waals surface area contributed by atoms with Crippen molar-refractivity contribution in [3.05, 3.63) is 15.8 Å². The first kappa shape index (κ1) is 22.4. The van der Waals surface area contributed by atoms with Crippen molar-refractivity contribution in [2.24, 2.45) is 0 Å². The van der Waals surface area contributed by atoms with E-state index in [1.165, 1.54) is 9.80 Å². The zero-order valence-corrected chi connectivity index (χ0v) is 18.5. The van der Waals surface area contributed by atoms with Crippen LogP contribution in [0.15, 0.2) is 12.1 Å². The second-order valence-corrected chi connectivity index (χ2v) is 8.85. The number of rotatable bonds is 4. The van der Waals surface area contributed by atoms with Crippen molar-refractivity contribution in [1.82, 2.24) is 15.1 Å². The van der Waals surface area contributed by atoms with Crippen LogP contribution in [0.5, 0.6) is 0 Å². The van der Waals surface area contributed by atoms with Gasteiger partial charge in [0.25, 0.3) is 0 Å². The molecule has 26 heavy (non-hydrogen) atoms. The van der Waals surface area contributed by atoms with Crippen molar-refractivity contribution < 1.29 is 19.1 Å². The van der Waals surface area contributed by atoms with Gasteiger partial charge in [0.15, 0.2) is 5.82 Å². The minimum atomic E-state index is -0.650. The zero-order chi connectivity index (χ0) is 20.1. The van der Waals surface area contributed by atoms with Crippen LogP contribution in [-0.4, -0.2) is 58.6 Å². The van der Waals surface area contributed by atoms with Crippen molar-refractivity contribution >= 4 is 40.6 Å². The summed E-state index contributed by atoms with van der Waals surface area (Å²) in [5.41, 5.74) is -1.24. The first-order valence-corrected chi connectivity index (χ1v) is 9.30. The topological polar surface area (TPSA) is 84.9 Å². The predicted octanol–water partition coefficient (Wildman–Crippen LogP) is 3.69. The van der Waals surface area contributed by atoms with E-state index in [4.69, 9.17) is 9.47 Å². The molecule has 0 saturated heterocycles. The number of ether oxygens (including phenoxy) is 2. The van der Waals surface area contributed by atoms with E-state index in [1.807, 2.05) is 22.6 Å². The van der Waals surface area contributed by atoms with Crippen molar-refractivity contribution in [3.8, 4) is 0 Å². The largest absolute Gasteiger partial charge is 0.444 e. The van der Waals surface area contributed by atoms with Crippen molar-refractivity contribution in [1.29, 1.82) is 0 Å². The molecule has 0 fully saturated rings. The lowest BCUT2D eigenvalue weighted by molar-refractivity contribution is 0.0295. The number of hydrogen-bond donors (Lipinski definition) is 0. The summed E-state index contributed by atoms with van der Waals surface area (Å²) in [6, 6.07) is 3.43. The maximum atomic E-state index is 12.6. The number of halogens is 1. The second kappa shape index (κ2) is 8.83. The highest BCUT2D eigenvalue weighted by atomic mass is 127. The molecule has 0 unspecified atom stereocenters. The fourth-order valence-corrected chi connectivity index (χ4v) is 2.04. The summed E-state index contributed by atoms with van der Waals surface area (Å²) >= 11 is 2.03. The first-order chi connectivity index (χ1) is 11.8. The molecule has 1 rings (SSSR count). The van der Waals surface area contributed by atoms with Gasteiger partial charge in [-0.25, -0.2) is 9.59 Å². The Morgan fingerprint density at radius 1 is 0.962 bits per heavy atom.